The number of Topliss-reactive ketones (excluding diaryl/α,β-unsaturated/α-hetero) is 2. The maximum absolute atomic E-state index is 12.5. The van der Waals surface area contributed by atoms with E-state index in [9.17, 15) is 9.59 Å². The summed E-state index contributed by atoms with van der Waals surface area (Å²) in [5.41, 5.74) is 1.38. The lowest BCUT2D eigenvalue weighted by Crippen LogP contribution is -2.19. The zero-order valence-electron chi connectivity index (χ0n) is 10.3. The maximum atomic E-state index is 12.5. The minimum atomic E-state index is -0.317. The van der Waals surface area contributed by atoms with Gasteiger partial charge in [-0.2, -0.15) is 0 Å². The Morgan fingerprint density at radius 1 is 1.15 bits per heavy atom. The fourth-order valence-electron chi connectivity index (χ4n) is 2.61. The molecule has 2 heterocycles. The number of allylic oxidation sites excluding steroid dienone is 1. The Morgan fingerprint density at radius 3 is 2.60 bits per heavy atom. The molecule has 2 aliphatic rings. The number of hydrogen-bond donors (Lipinski definition) is 0. The first kappa shape index (κ1) is 11.5. The van der Waals surface area contributed by atoms with Crippen LogP contribution in [0.15, 0.2) is 47.2 Å². The quantitative estimate of drug-likeness (QED) is 0.807. The van der Waals surface area contributed by atoms with Crippen LogP contribution in [0.5, 0.6) is 0 Å². The van der Waals surface area contributed by atoms with Crippen molar-refractivity contribution >= 4 is 22.9 Å². The largest absolute Gasteiger partial charge is 0.478 e. The smallest absolute Gasteiger partial charge is 0.228 e. The van der Waals surface area contributed by atoms with E-state index in [0.717, 1.165) is 5.01 Å². The van der Waals surface area contributed by atoms with Crippen molar-refractivity contribution in [3.05, 3.63) is 63.3 Å². The van der Waals surface area contributed by atoms with Gasteiger partial charge in [-0.15, -0.1) is 11.3 Å². The second-order valence-corrected chi connectivity index (χ2v) is 5.62. The van der Waals surface area contributed by atoms with Gasteiger partial charge in [0.05, 0.1) is 5.57 Å². The molecule has 1 atom stereocenters. The average Bonchev–Trinajstić information content (AvgIpc) is 3.13. The molecule has 1 aliphatic heterocycles. The van der Waals surface area contributed by atoms with E-state index in [1.54, 1.807) is 30.5 Å². The van der Waals surface area contributed by atoms with Crippen molar-refractivity contribution in [2.24, 2.45) is 0 Å². The van der Waals surface area contributed by atoms with Crippen molar-refractivity contribution in [2.75, 3.05) is 0 Å². The second-order valence-electron chi connectivity index (χ2n) is 4.69. The number of aromatic nitrogens is 1. The third kappa shape index (κ3) is 1.50. The Morgan fingerprint density at radius 2 is 1.90 bits per heavy atom. The molecule has 2 aromatic rings. The number of benzene rings is 1. The van der Waals surface area contributed by atoms with Crippen LogP contribution in [0.2, 0.25) is 0 Å². The zero-order valence-corrected chi connectivity index (χ0v) is 11.1. The van der Waals surface area contributed by atoms with Crippen LogP contribution in [-0.2, 0) is 4.74 Å². The molecule has 0 spiro atoms. The van der Waals surface area contributed by atoms with Gasteiger partial charge in [0.1, 0.15) is 5.01 Å². The molecule has 0 fully saturated rings. The van der Waals surface area contributed by atoms with Gasteiger partial charge in [0, 0.05) is 29.1 Å². The molecule has 0 N–H and O–H groups in total. The highest BCUT2D eigenvalue weighted by Gasteiger charge is 2.41. The summed E-state index contributed by atoms with van der Waals surface area (Å²) in [6, 6.07) is 6.88. The van der Waals surface area contributed by atoms with Gasteiger partial charge in [0.15, 0.2) is 17.6 Å². The third-order valence-electron chi connectivity index (χ3n) is 3.55. The van der Waals surface area contributed by atoms with E-state index in [1.165, 1.54) is 11.3 Å². The van der Waals surface area contributed by atoms with E-state index in [-0.39, 0.29) is 23.4 Å². The molecule has 0 bridgehead atoms. The molecular formula is C15H9NO3S. The summed E-state index contributed by atoms with van der Waals surface area (Å²) in [4.78, 5) is 29.1. The molecule has 1 aliphatic carbocycles. The van der Waals surface area contributed by atoms with Crippen LogP contribution < -0.4 is 0 Å². The normalized spacial score (nSPS) is 20.7. The Hall–Kier alpha value is -2.27. The molecule has 0 saturated heterocycles. The highest BCUT2D eigenvalue weighted by Crippen LogP contribution is 2.42. The predicted molar refractivity (Wildman–Crippen MR) is 72.7 cm³/mol. The topological polar surface area (TPSA) is 56.3 Å². The van der Waals surface area contributed by atoms with Crippen molar-refractivity contribution in [1.82, 2.24) is 4.98 Å². The van der Waals surface area contributed by atoms with Gasteiger partial charge in [0.2, 0.25) is 5.78 Å². The van der Waals surface area contributed by atoms with E-state index < -0.39 is 0 Å². The van der Waals surface area contributed by atoms with Gasteiger partial charge in [-0.1, -0.05) is 24.3 Å². The van der Waals surface area contributed by atoms with E-state index in [1.807, 2.05) is 5.38 Å². The number of ketones is 2. The lowest BCUT2D eigenvalue weighted by molar-refractivity contribution is 0.0840. The number of ether oxygens (including phenoxy) is 1. The number of rotatable bonds is 1. The Kier molecular flexibility index (Phi) is 2.37. The molecular weight excluding hydrogens is 274 g/mol. The summed E-state index contributed by atoms with van der Waals surface area (Å²) >= 11 is 1.47. The Bertz CT molecular complexity index is 714. The van der Waals surface area contributed by atoms with Crippen molar-refractivity contribution in [3.8, 4) is 0 Å². The number of thiazole rings is 1. The molecule has 20 heavy (non-hydrogen) atoms. The minimum Gasteiger partial charge on any atom is -0.478 e. The first-order valence-electron chi connectivity index (χ1n) is 6.23. The van der Waals surface area contributed by atoms with Crippen LogP contribution in [-0.4, -0.2) is 16.6 Å². The number of hydrogen-bond acceptors (Lipinski definition) is 5. The monoisotopic (exact) mass is 283 g/mol. The summed E-state index contributed by atoms with van der Waals surface area (Å²) in [5.74, 6) is -0.0996. The van der Waals surface area contributed by atoms with Crippen LogP contribution in [0, 0.1) is 0 Å². The van der Waals surface area contributed by atoms with Gasteiger partial charge >= 0.3 is 0 Å². The number of carbonyl (C=O) groups excluding carboxylic acids is 2. The summed E-state index contributed by atoms with van der Waals surface area (Å²) in [6.07, 6.45) is 1.79. The van der Waals surface area contributed by atoms with Crippen molar-refractivity contribution in [3.63, 3.8) is 0 Å². The minimum absolute atomic E-state index is 0.103. The van der Waals surface area contributed by atoms with Gasteiger partial charge in [-0.05, 0) is 0 Å². The molecule has 0 saturated carbocycles. The van der Waals surface area contributed by atoms with Gasteiger partial charge < -0.3 is 4.74 Å². The standard InChI is InChI=1S/C15H9NO3S/c17-12-8-3-1-2-4-9(8)13(18)14-10(12)7-11(19-14)15-16-5-6-20-15/h1-6,11H,7H2. The molecule has 0 radical (unpaired) electrons. The van der Waals surface area contributed by atoms with Crippen LogP contribution in [0.1, 0.15) is 38.2 Å². The Labute approximate surface area is 118 Å². The highest BCUT2D eigenvalue weighted by atomic mass is 32.1. The van der Waals surface area contributed by atoms with Crippen molar-refractivity contribution in [2.45, 2.75) is 12.5 Å². The number of carbonyl (C=O) groups is 2. The van der Waals surface area contributed by atoms with Gasteiger partial charge in [0.25, 0.3) is 0 Å². The summed E-state index contributed by atoms with van der Waals surface area (Å²) in [6.45, 7) is 0. The van der Waals surface area contributed by atoms with E-state index in [0.29, 0.717) is 23.1 Å². The third-order valence-corrected chi connectivity index (χ3v) is 4.41. The SMILES string of the molecule is O=C1C2=C(OC(c3nccs3)C2)C(=O)c2ccccc21. The summed E-state index contributed by atoms with van der Waals surface area (Å²) < 4.78 is 5.71. The van der Waals surface area contributed by atoms with Crippen LogP contribution >= 0.6 is 11.3 Å². The fraction of sp³-hybridized carbons (Fsp3) is 0.133. The van der Waals surface area contributed by atoms with Crippen LogP contribution in [0.3, 0.4) is 0 Å². The lowest BCUT2D eigenvalue weighted by atomic mass is 9.87. The van der Waals surface area contributed by atoms with Crippen molar-refractivity contribution in [1.29, 1.82) is 0 Å². The molecule has 0 amide bonds. The highest BCUT2D eigenvalue weighted by molar-refractivity contribution is 7.09. The second kappa shape index (κ2) is 4.11. The first-order chi connectivity index (χ1) is 9.75. The Balaban J connectivity index is 1.77. The van der Waals surface area contributed by atoms with Gasteiger partial charge in [-0.25, -0.2) is 4.98 Å². The molecule has 98 valence electrons. The van der Waals surface area contributed by atoms with E-state index in [4.69, 9.17) is 4.74 Å². The maximum Gasteiger partial charge on any atom is 0.228 e. The summed E-state index contributed by atoms with van der Waals surface area (Å²) in [7, 11) is 0. The molecule has 5 heteroatoms. The number of fused-ring (bicyclic) bond motifs is 1. The van der Waals surface area contributed by atoms with E-state index >= 15 is 0 Å². The molecule has 1 aromatic heterocycles. The van der Waals surface area contributed by atoms with Crippen molar-refractivity contribution < 1.29 is 14.3 Å². The molecule has 4 rings (SSSR count). The fourth-order valence-corrected chi connectivity index (χ4v) is 3.28. The first-order valence-corrected chi connectivity index (χ1v) is 7.11. The zero-order chi connectivity index (χ0) is 13.7. The number of nitrogens with zero attached hydrogens (tertiary/aromatic N) is 1. The molecule has 4 nitrogen and oxygen atoms in total. The summed E-state index contributed by atoms with van der Waals surface area (Å²) in [5, 5.41) is 2.65. The molecule has 1 aromatic carbocycles. The van der Waals surface area contributed by atoms with E-state index in [2.05, 4.69) is 4.98 Å². The van der Waals surface area contributed by atoms with Crippen LogP contribution in [0.4, 0.5) is 0 Å². The lowest BCUT2D eigenvalue weighted by Gasteiger charge is -2.14. The van der Waals surface area contributed by atoms with Gasteiger partial charge in [-0.3, -0.25) is 9.59 Å². The predicted octanol–water partition coefficient (Wildman–Crippen LogP) is 2.94. The van der Waals surface area contributed by atoms with Crippen LogP contribution in [0.25, 0.3) is 0 Å². The molecule has 1 unspecified atom stereocenters. The average molecular weight is 283 g/mol.